The summed E-state index contributed by atoms with van der Waals surface area (Å²) in [7, 11) is 0. The van der Waals surface area contributed by atoms with E-state index in [1.807, 2.05) is 13.8 Å². The van der Waals surface area contributed by atoms with Gasteiger partial charge >= 0.3 is 5.97 Å². The van der Waals surface area contributed by atoms with E-state index in [1.165, 1.54) is 0 Å². The summed E-state index contributed by atoms with van der Waals surface area (Å²) in [5.74, 6) is -2.32. The van der Waals surface area contributed by atoms with Crippen LogP contribution in [0.2, 0.25) is 0 Å². The molecule has 110 valence electrons. The van der Waals surface area contributed by atoms with Crippen LogP contribution in [0.4, 0.5) is 0 Å². The molecule has 0 fully saturated rings. The third kappa shape index (κ3) is 7.40. The van der Waals surface area contributed by atoms with Crippen molar-refractivity contribution in [3.63, 3.8) is 0 Å². The summed E-state index contributed by atoms with van der Waals surface area (Å²) in [6.07, 6.45) is 0.481. The highest BCUT2D eigenvalue weighted by molar-refractivity contribution is 5.85. The number of carboxylic acid groups (broad SMARTS) is 1. The minimum atomic E-state index is -1.19. The third-order valence-corrected chi connectivity index (χ3v) is 2.71. The lowest BCUT2D eigenvalue weighted by molar-refractivity contribution is -0.142. The van der Waals surface area contributed by atoms with Gasteiger partial charge in [-0.2, -0.15) is 0 Å². The molecule has 0 bridgehead atoms. The molecule has 0 saturated carbocycles. The van der Waals surface area contributed by atoms with Crippen LogP contribution in [0.1, 0.15) is 33.1 Å². The number of hydrogen-bond donors (Lipinski definition) is 4. The number of carbonyl (C=O) groups is 3. The fourth-order valence-electron chi connectivity index (χ4n) is 1.71. The second-order valence-electron chi connectivity index (χ2n) is 4.97. The molecule has 2 amide bonds. The number of nitrogens with two attached hydrogens (primary N) is 2. The smallest absolute Gasteiger partial charge is 0.326 e. The van der Waals surface area contributed by atoms with Gasteiger partial charge in [-0.15, -0.1) is 0 Å². The summed E-state index contributed by atoms with van der Waals surface area (Å²) in [5, 5.41) is 11.4. The Bertz CT molecular complexity index is 331. The summed E-state index contributed by atoms with van der Waals surface area (Å²) >= 11 is 0. The molecule has 0 aliphatic heterocycles. The molecule has 0 aromatic rings. The molecule has 2 atom stereocenters. The summed E-state index contributed by atoms with van der Waals surface area (Å²) in [6, 6.07) is -1.11. The molecular weight excluding hydrogens is 250 g/mol. The molecule has 7 heteroatoms. The van der Waals surface area contributed by atoms with Crippen LogP contribution in [0.25, 0.3) is 0 Å². The zero-order valence-corrected chi connectivity index (χ0v) is 11.4. The van der Waals surface area contributed by atoms with Crippen molar-refractivity contribution in [2.24, 2.45) is 23.3 Å². The quantitative estimate of drug-likeness (QED) is 0.446. The lowest BCUT2D eigenvalue weighted by Gasteiger charge is -2.20. The number of aliphatic carboxylic acids is 1. The molecule has 0 saturated heterocycles. The second-order valence-corrected chi connectivity index (χ2v) is 4.97. The van der Waals surface area contributed by atoms with Crippen LogP contribution in [0.15, 0.2) is 0 Å². The molecule has 0 heterocycles. The number of carboxylic acids is 1. The van der Waals surface area contributed by atoms with E-state index in [4.69, 9.17) is 16.6 Å². The summed E-state index contributed by atoms with van der Waals surface area (Å²) in [5.41, 5.74) is 10.5. The van der Waals surface area contributed by atoms with E-state index in [9.17, 15) is 14.4 Å². The van der Waals surface area contributed by atoms with Crippen LogP contribution >= 0.6 is 0 Å². The van der Waals surface area contributed by atoms with Gasteiger partial charge in [0.15, 0.2) is 0 Å². The lowest BCUT2D eigenvalue weighted by atomic mass is 9.96. The highest BCUT2D eigenvalue weighted by Crippen LogP contribution is 2.11. The van der Waals surface area contributed by atoms with Gasteiger partial charge in [0.05, 0.1) is 5.92 Å². The van der Waals surface area contributed by atoms with Crippen LogP contribution < -0.4 is 16.8 Å². The summed E-state index contributed by atoms with van der Waals surface area (Å²) in [6.45, 7) is 4.07. The zero-order valence-electron chi connectivity index (χ0n) is 11.4. The molecule has 6 N–H and O–H groups in total. The predicted octanol–water partition coefficient (Wildman–Crippen LogP) is -0.558. The summed E-state index contributed by atoms with van der Waals surface area (Å²) < 4.78 is 0. The first kappa shape index (κ1) is 17.4. The molecule has 0 aromatic heterocycles. The maximum Gasteiger partial charge on any atom is 0.326 e. The van der Waals surface area contributed by atoms with Crippen LogP contribution in [0, 0.1) is 11.8 Å². The number of nitrogens with one attached hydrogen (secondary N) is 1. The van der Waals surface area contributed by atoms with E-state index in [0.29, 0.717) is 6.42 Å². The van der Waals surface area contributed by atoms with Gasteiger partial charge in [0.25, 0.3) is 0 Å². The first-order valence-corrected chi connectivity index (χ1v) is 6.29. The molecular formula is C12H23N3O4. The van der Waals surface area contributed by atoms with Gasteiger partial charge in [-0.05, 0) is 18.8 Å². The van der Waals surface area contributed by atoms with Gasteiger partial charge < -0.3 is 21.9 Å². The maximum atomic E-state index is 11.9. The second kappa shape index (κ2) is 8.47. The Balaban J connectivity index is 4.51. The molecule has 0 spiro atoms. The Hall–Kier alpha value is -1.63. The van der Waals surface area contributed by atoms with E-state index in [0.717, 1.165) is 0 Å². The Morgan fingerprint density at radius 1 is 1.26 bits per heavy atom. The molecule has 2 unspecified atom stereocenters. The Labute approximate surface area is 112 Å². The van der Waals surface area contributed by atoms with E-state index in [-0.39, 0.29) is 25.3 Å². The highest BCUT2D eigenvalue weighted by Gasteiger charge is 2.25. The Morgan fingerprint density at radius 3 is 2.21 bits per heavy atom. The van der Waals surface area contributed by atoms with Gasteiger partial charge in [-0.3, -0.25) is 9.59 Å². The highest BCUT2D eigenvalue weighted by atomic mass is 16.4. The topological polar surface area (TPSA) is 136 Å². The lowest BCUT2D eigenvalue weighted by Crippen LogP contribution is -2.45. The molecule has 0 aromatic carbocycles. The van der Waals surface area contributed by atoms with Crippen molar-refractivity contribution in [2.75, 3.05) is 6.54 Å². The molecule has 0 aliphatic carbocycles. The van der Waals surface area contributed by atoms with E-state index in [2.05, 4.69) is 5.32 Å². The molecule has 0 rings (SSSR count). The van der Waals surface area contributed by atoms with Crippen molar-refractivity contribution >= 4 is 17.8 Å². The van der Waals surface area contributed by atoms with Crippen molar-refractivity contribution in [1.29, 1.82) is 0 Å². The Morgan fingerprint density at radius 2 is 1.84 bits per heavy atom. The number of amides is 2. The van der Waals surface area contributed by atoms with Gasteiger partial charge in [0.1, 0.15) is 6.04 Å². The average Bonchev–Trinajstić information content (AvgIpc) is 2.30. The van der Waals surface area contributed by atoms with E-state index in [1.54, 1.807) is 0 Å². The van der Waals surface area contributed by atoms with Crippen LogP contribution in [-0.2, 0) is 14.4 Å². The van der Waals surface area contributed by atoms with E-state index >= 15 is 0 Å². The minimum Gasteiger partial charge on any atom is -0.480 e. The van der Waals surface area contributed by atoms with Gasteiger partial charge in [0, 0.05) is 13.0 Å². The van der Waals surface area contributed by atoms with Crippen LogP contribution in [0.3, 0.4) is 0 Å². The number of rotatable bonds is 9. The van der Waals surface area contributed by atoms with Crippen molar-refractivity contribution in [3.05, 3.63) is 0 Å². The molecule has 0 radical (unpaired) electrons. The van der Waals surface area contributed by atoms with E-state index < -0.39 is 29.7 Å². The largest absolute Gasteiger partial charge is 0.480 e. The van der Waals surface area contributed by atoms with Crippen molar-refractivity contribution in [1.82, 2.24) is 5.32 Å². The average molecular weight is 273 g/mol. The minimum absolute atomic E-state index is 0.0185. The standard InChI is InChI=1S/C12H23N3O4/c1-7(2)5-8(6-13)11(17)15-9(12(18)19)3-4-10(14)16/h7-9H,3-6,13H2,1-2H3,(H2,14,16)(H,15,17)(H,18,19). The fourth-order valence-corrected chi connectivity index (χ4v) is 1.71. The SMILES string of the molecule is CC(C)CC(CN)C(=O)NC(CCC(N)=O)C(=O)O. The van der Waals surface area contributed by atoms with Crippen LogP contribution in [-0.4, -0.2) is 35.5 Å². The Kier molecular flexibility index (Phi) is 7.74. The van der Waals surface area contributed by atoms with Gasteiger partial charge in [-0.25, -0.2) is 4.79 Å². The monoisotopic (exact) mass is 273 g/mol. The fraction of sp³-hybridized carbons (Fsp3) is 0.750. The predicted molar refractivity (Wildman–Crippen MR) is 70.0 cm³/mol. The van der Waals surface area contributed by atoms with Crippen molar-refractivity contribution < 1.29 is 19.5 Å². The maximum absolute atomic E-state index is 11.9. The third-order valence-electron chi connectivity index (χ3n) is 2.71. The zero-order chi connectivity index (χ0) is 15.0. The molecule has 7 nitrogen and oxygen atoms in total. The van der Waals surface area contributed by atoms with Crippen LogP contribution in [0.5, 0.6) is 0 Å². The number of hydrogen-bond acceptors (Lipinski definition) is 4. The molecule has 0 aliphatic rings. The normalized spacial score (nSPS) is 13.9. The molecule has 19 heavy (non-hydrogen) atoms. The van der Waals surface area contributed by atoms with Gasteiger partial charge in [-0.1, -0.05) is 13.8 Å². The van der Waals surface area contributed by atoms with Crippen molar-refractivity contribution in [3.8, 4) is 0 Å². The number of primary amides is 1. The summed E-state index contributed by atoms with van der Waals surface area (Å²) in [4.78, 5) is 33.5. The number of carbonyl (C=O) groups excluding carboxylic acids is 2. The first-order valence-electron chi connectivity index (χ1n) is 6.29. The van der Waals surface area contributed by atoms with Crippen molar-refractivity contribution in [2.45, 2.75) is 39.2 Å². The first-order chi connectivity index (χ1) is 8.77. The van der Waals surface area contributed by atoms with Gasteiger partial charge in [0.2, 0.25) is 11.8 Å².